The molecule has 1 heterocycles. The third kappa shape index (κ3) is 7.22. The van der Waals surface area contributed by atoms with Gasteiger partial charge in [0.15, 0.2) is 0 Å². The Morgan fingerprint density at radius 1 is 1.05 bits per heavy atom. The van der Waals surface area contributed by atoms with Crippen molar-refractivity contribution in [3.8, 4) is 0 Å². The molecule has 0 bridgehead atoms. The summed E-state index contributed by atoms with van der Waals surface area (Å²) in [6, 6.07) is -0.750. The van der Waals surface area contributed by atoms with Gasteiger partial charge in [0.1, 0.15) is 24.9 Å². The van der Waals surface area contributed by atoms with Gasteiger partial charge in [0.2, 0.25) is 0 Å². The Morgan fingerprint density at radius 3 is 2.10 bits per heavy atom. The normalized spacial score (nSPS) is 28.1. The maximum Gasteiger partial charge on any atom is 0.325 e. The van der Waals surface area contributed by atoms with Crippen molar-refractivity contribution in [3.63, 3.8) is 0 Å². The van der Waals surface area contributed by atoms with Crippen LogP contribution >= 0.6 is 0 Å². The number of cyclic esters (lactones) is 1. The van der Waals surface area contributed by atoms with Gasteiger partial charge in [0.25, 0.3) is 0 Å². The van der Waals surface area contributed by atoms with Gasteiger partial charge in [-0.2, -0.15) is 0 Å². The topological polar surface area (TPSA) is 80.0 Å². The third-order valence-electron chi connectivity index (χ3n) is 2.97. The second-order valence-electron chi connectivity index (χ2n) is 6.31. The van der Waals surface area contributed by atoms with Crippen molar-refractivity contribution in [2.24, 2.45) is 17.6 Å². The first kappa shape index (κ1) is 18.4. The molecule has 0 aromatic rings. The Labute approximate surface area is 127 Å². The highest BCUT2D eigenvalue weighted by Gasteiger charge is 2.29. The zero-order valence-electron chi connectivity index (χ0n) is 13.5. The summed E-state index contributed by atoms with van der Waals surface area (Å²) in [5.41, 5.74) is 5.67. The van der Waals surface area contributed by atoms with Crippen LogP contribution in [0.2, 0.25) is 0 Å². The van der Waals surface area contributed by atoms with E-state index in [2.05, 4.69) is 27.7 Å². The van der Waals surface area contributed by atoms with E-state index >= 15 is 0 Å². The molecule has 1 aliphatic rings. The number of ether oxygens (including phenoxy) is 4. The van der Waals surface area contributed by atoms with Gasteiger partial charge in [-0.3, -0.25) is 4.79 Å². The molecule has 1 rings (SSSR count). The van der Waals surface area contributed by atoms with Gasteiger partial charge in [-0.05, 0) is 11.8 Å². The number of carbonyl (C=O) groups is 1. The van der Waals surface area contributed by atoms with Gasteiger partial charge >= 0.3 is 5.97 Å². The van der Waals surface area contributed by atoms with Crippen molar-refractivity contribution < 1.29 is 23.7 Å². The largest absolute Gasteiger partial charge is 0.462 e. The van der Waals surface area contributed by atoms with E-state index in [9.17, 15) is 4.79 Å². The molecule has 6 heteroatoms. The Hall–Kier alpha value is -0.690. The van der Waals surface area contributed by atoms with Crippen molar-refractivity contribution in [1.82, 2.24) is 0 Å². The van der Waals surface area contributed by atoms with Crippen LogP contribution in [0.1, 0.15) is 27.7 Å². The van der Waals surface area contributed by atoms with Gasteiger partial charge in [0.05, 0.1) is 13.2 Å². The van der Waals surface area contributed by atoms with Gasteiger partial charge in [-0.25, -0.2) is 0 Å². The summed E-state index contributed by atoms with van der Waals surface area (Å²) in [6.07, 6.45) is -0.593. The first-order valence-corrected chi connectivity index (χ1v) is 7.63. The number of carbonyl (C=O) groups excluding carboxylic acids is 1. The average molecular weight is 303 g/mol. The minimum atomic E-state index is -0.750. The minimum Gasteiger partial charge on any atom is -0.462 e. The molecule has 1 fully saturated rings. The van der Waals surface area contributed by atoms with Crippen LogP contribution in [0.5, 0.6) is 0 Å². The number of nitrogens with two attached hydrogens (primary N) is 1. The lowest BCUT2D eigenvalue weighted by molar-refractivity contribution is -0.155. The van der Waals surface area contributed by atoms with E-state index in [0.29, 0.717) is 31.7 Å². The standard InChI is InChI=1S/C15H29NO5/c1-10(2)5-19-13-8-18-7-12(16)15(17)21-9-14(13)20-6-11(3)4/h10-14H,5-9,16H2,1-4H3. The van der Waals surface area contributed by atoms with Gasteiger partial charge in [-0.15, -0.1) is 0 Å². The van der Waals surface area contributed by atoms with E-state index in [1.807, 2.05) is 0 Å². The molecule has 0 spiro atoms. The molecule has 3 unspecified atom stereocenters. The summed E-state index contributed by atoms with van der Waals surface area (Å²) >= 11 is 0. The summed E-state index contributed by atoms with van der Waals surface area (Å²) in [5.74, 6) is 0.341. The molecule has 0 aromatic heterocycles. The number of rotatable bonds is 6. The molecule has 21 heavy (non-hydrogen) atoms. The molecule has 0 radical (unpaired) electrons. The van der Waals surface area contributed by atoms with Gasteiger partial charge < -0.3 is 24.7 Å². The maximum atomic E-state index is 11.7. The van der Waals surface area contributed by atoms with Crippen LogP contribution in [-0.2, 0) is 23.7 Å². The van der Waals surface area contributed by atoms with Crippen molar-refractivity contribution in [3.05, 3.63) is 0 Å². The quantitative estimate of drug-likeness (QED) is 0.737. The first-order valence-electron chi connectivity index (χ1n) is 7.63. The molecule has 6 nitrogen and oxygen atoms in total. The van der Waals surface area contributed by atoms with Crippen molar-refractivity contribution in [2.45, 2.75) is 45.9 Å². The van der Waals surface area contributed by atoms with E-state index in [1.165, 1.54) is 0 Å². The summed E-state index contributed by atoms with van der Waals surface area (Å²) in [7, 11) is 0. The van der Waals surface area contributed by atoms with E-state index in [4.69, 9.17) is 24.7 Å². The zero-order chi connectivity index (χ0) is 15.8. The lowest BCUT2D eigenvalue weighted by Crippen LogP contribution is -2.40. The summed E-state index contributed by atoms with van der Waals surface area (Å²) in [5, 5.41) is 0. The van der Waals surface area contributed by atoms with Crippen molar-refractivity contribution >= 4 is 5.97 Å². The van der Waals surface area contributed by atoms with Crippen LogP contribution in [0.15, 0.2) is 0 Å². The predicted octanol–water partition coefficient (Wildman–Crippen LogP) is 0.970. The summed E-state index contributed by atoms with van der Waals surface area (Å²) in [4.78, 5) is 11.7. The van der Waals surface area contributed by atoms with Crippen LogP contribution in [0.4, 0.5) is 0 Å². The van der Waals surface area contributed by atoms with Crippen LogP contribution < -0.4 is 5.73 Å². The fraction of sp³-hybridized carbons (Fsp3) is 0.933. The minimum absolute atomic E-state index is 0.136. The summed E-state index contributed by atoms with van der Waals surface area (Å²) < 4.78 is 22.4. The molecule has 0 aliphatic carbocycles. The Kier molecular flexibility index (Phi) is 8.18. The molecular formula is C15H29NO5. The lowest BCUT2D eigenvalue weighted by Gasteiger charge is -2.27. The molecule has 3 atom stereocenters. The SMILES string of the molecule is CC(C)COC1COCC(N)C(=O)OCC1OCC(C)C. The molecular weight excluding hydrogens is 274 g/mol. The average Bonchev–Trinajstić information content (AvgIpc) is 2.47. The number of esters is 1. The highest BCUT2D eigenvalue weighted by molar-refractivity contribution is 5.75. The van der Waals surface area contributed by atoms with Crippen LogP contribution in [0.3, 0.4) is 0 Å². The fourth-order valence-electron chi connectivity index (χ4n) is 1.81. The second-order valence-corrected chi connectivity index (χ2v) is 6.31. The maximum absolute atomic E-state index is 11.7. The highest BCUT2D eigenvalue weighted by Crippen LogP contribution is 2.12. The fourth-order valence-corrected chi connectivity index (χ4v) is 1.81. The summed E-state index contributed by atoms with van der Waals surface area (Å²) in [6.45, 7) is 10.1. The molecule has 1 saturated heterocycles. The van der Waals surface area contributed by atoms with Gasteiger partial charge in [-0.1, -0.05) is 27.7 Å². The van der Waals surface area contributed by atoms with E-state index < -0.39 is 12.0 Å². The smallest absolute Gasteiger partial charge is 0.325 e. The monoisotopic (exact) mass is 303 g/mol. The first-order chi connectivity index (χ1) is 9.90. The van der Waals surface area contributed by atoms with Crippen LogP contribution in [0, 0.1) is 11.8 Å². The second kappa shape index (κ2) is 9.35. The van der Waals surface area contributed by atoms with Crippen LogP contribution in [0.25, 0.3) is 0 Å². The molecule has 0 saturated carbocycles. The molecule has 1 aliphatic heterocycles. The van der Waals surface area contributed by atoms with Crippen molar-refractivity contribution in [2.75, 3.05) is 33.0 Å². The third-order valence-corrected chi connectivity index (χ3v) is 2.97. The number of hydrogen-bond acceptors (Lipinski definition) is 6. The van der Waals surface area contributed by atoms with E-state index in [0.717, 1.165) is 0 Å². The zero-order valence-corrected chi connectivity index (χ0v) is 13.5. The highest BCUT2D eigenvalue weighted by atomic mass is 16.6. The van der Waals surface area contributed by atoms with E-state index in [1.54, 1.807) is 0 Å². The predicted molar refractivity (Wildman–Crippen MR) is 78.9 cm³/mol. The number of hydrogen-bond donors (Lipinski definition) is 1. The Morgan fingerprint density at radius 2 is 1.57 bits per heavy atom. The molecule has 124 valence electrons. The molecule has 0 aromatic carbocycles. The molecule has 0 amide bonds. The Bertz CT molecular complexity index is 308. The van der Waals surface area contributed by atoms with Crippen molar-refractivity contribution in [1.29, 1.82) is 0 Å². The Balaban J connectivity index is 2.67. The lowest BCUT2D eigenvalue weighted by atomic mass is 10.2. The van der Waals surface area contributed by atoms with Crippen LogP contribution in [-0.4, -0.2) is 57.3 Å². The molecule has 2 N–H and O–H groups in total. The van der Waals surface area contributed by atoms with E-state index in [-0.39, 0.29) is 25.4 Å². The van der Waals surface area contributed by atoms with Gasteiger partial charge in [0, 0.05) is 13.2 Å².